The molecule has 1 heterocycles. The molecule has 0 atom stereocenters. The van der Waals surface area contributed by atoms with Crippen molar-refractivity contribution in [3.05, 3.63) is 61.3 Å². The fraction of sp³-hybridized carbons (Fsp3) is 0.200. The molecule has 0 fully saturated rings. The number of carbonyl (C=O) groups is 2. The lowest BCUT2D eigenvalue weighted by Gasteiger charge is -2.04. The lowest BCUT2D eigenvalue weighted by molar-refractivity contribution is -0.385. The van der Waals surface area contributed by atoms with E-state index in [1.54, 1.807) is 6.07 Å². The van der Waals surface area contributed by atoms with Crippen LogP contribution in [0.5, 0.6) is 0 Å². The highest BCUT2D eigenvalue weighted by atomic mass is 32.1. The van der Waals surface area contributed by atoms with Gasteiger partial charge in [0.15, 0.2) is 6.61 Å². The van der Waals surface area contributed by atoms with Crippen LogP contribution in [-0.2, 0) is 4.74 Å². The van der Waals surface area contributed by atoms with E-state index in [2.05, 4.69) is 0 Å². The summed E-state index contributed by atoms with van der Waals surface area (Å²) in [6.07, 6.45) is 0. The SMILES string of the molecule is Cc1ccc(C(=O)COC(=O)c2ccc([N+](=O)[O-])c(C)c2)s1. The van der Waals surface area contributed by atoms with Crippen molar-refractivity contribution in [2.24, 2.45) is 0 Å². The van der Waals surface area contributed by atoms with Crippen LogP contribution in [0.2, 0.25) is 0 Å². The fourth-order valence-electron chi connectivity index (χ4n) is 1.86. The first kappa shape index (κ1) is 15.8. The van der Waals surface area contributed by atoms with Gasteiger partial charge in [0.05, 0.1) is 15.4 Å². The fourth-order valence-corrected chi connectivity index (χ4v) is 2.65. The number of ether oxygens (including phenoxy) is 1. The number of nitro groups is 1. The maximum atomic E-state index is 11.9. The third kappa shape index (κ3) is 3.56. The van der Waals surface area contributed by atoms with E-state index in [9.17, 15) is 19.7 Å². The van der Waals surface area contributed by atoms with Crippen LogP contribution in [0.1, 0.15) is 30.5 Å². The molecular formula is C15H13NO5S. The third-order valence-electron chi connectivity index (χ3n) is 2.98. The van der Waals surface area contributed by atoms with Crippen molar-refractivity contribution in [2.45, 2.75) is 13.8 Å². The van der Waals surface area contributed by atoms with Crippen LogP contribution >= 0.6 is 11.3 Å². The Kier molecular flexibility index (Phi) is 4.67. The second kappa shape index (κ2) is 6.48. The van der Waals surface area contributed by atoms with E-state index in [1.807, 2.05) is 13.0 Å². The van der Waals surface area contributed by atoms with E-state index < -0.39 is 10.9 Å². The zero-order valence-corrected chi connectivity index (χ0v) is 12.8. The maximum Gasteiger partial charge on any atom is 0.338 e. The molecule has 0 amide bonds. The number of Topliss-reactive ketones (excluding diaryl/α,β-unsaturated/α-hetero) is 1. The van der Waals surface area contributed by atoms with Crippen molar-refractivity contribution in [1.82, 2.24) is 0 Å². The molecule has 0 N–H and O–H groups in total. The highest BCUT2D eigenvalue weighted by molar-refractivity contribution is 7.14. The van der Waals surface area contributed by atoms with Crippen molar-refractivity contribution in [3.8, 4) is 0 Å². The number of benzene rings is 1. The molecule has 0 radical (unpaired) electrons. The van der Waals surface area contributed by atoms with Gasteiger partial charge in [-0.15, -0.1) is 11.3 Å². The first-order valence-electron chi connectivity index (χ1n) is 6.40. The molecule has 7 heteroatoms. The summed E-state index contributed by atoms with van der Waals surface area (Å²) in [5.74, 6) is -0.954. The Hall–Kier alpha value is -2.54. The quantitative estimate of drug-likeness (QED) is 0.365. The van der Waals surface area contributed by atoms with Crippen LogP contribution in [-0.4, -0.2) is 23.3 Å². The van der Waals surface area contributed by atoms with Crippen LogP contribution in [0.25, 0.3) is 0 Å². The lowest BCUT2D eigenvalue weighted by atomic mass is 10.1. The molecule has 1 aromatic carbocycles. The number of carbonyl (C=O) groups excluding carboxylic acids is 2. The van der Waals surface area contributed by atoms with Crippen molar-refractivity contribution < 1.29 is 19.2 Å². The lowest BCUT2D eigenvalue weighted by Crippen LogP contribution is -2.13. The molecule has 114 valence electrons. The summed E-state index contributed by atoms with van der Waals surface area (Å²) >= 11 is 1.34. The number of ketones is 1. The van der Waals surface area contributed by atoms with Gasteiger partial charge < -0.3 is 4.74 Å². The number of rotatable bonds is 5. The third-order valence-corrected chi connectivity index (χ3v) is 4.02. The zero-order valence-electron chi connectivity index (χ0n) is 12.0. The molecule has 0 aliphatic rings. The molecule has 0 bridgehead atoms. The number of hydrogen-bond acceptors (Lipinski definition) is 6. The van der Waals surface area contributed by atoms with Crippen LogP contribution in [0, 0.1) is 24.0 Å². The summed E-state index contributed by atoms with van der Waals surface area (Å²) in [6.45, 7) is 3.07. The van der Waals surface area contributed by atoms with Gasteiger partial charge in [-0.1, -0.05) is 0 Å². The van der Waals surface area contributed by atoms with E-state index in [1.165, 1.54) is 36.5 Å². The van der Waals surface area contributed by atoms with E-state index in [0.717, 1.165) is 4.88 Å². The highest BCUT2D eigenvalue weighted by Crippen LogP contribution is 2.20. The summed E-state index contributed by atoms with van der Waals surface area (Å²) in [5.41, 5.74) is 0.472. The molecule has 0 aliphatic heterocycles. The smallest absolute Gasteiger partial charge is 0.338 e. The Morgan fingerprint density at radius 3 is 2.50 bits per heavy atom. The molecule has 2 aromatic rings. The highest BCUT2D eigenvalue weighted by Gasteiger charge is 2.16. The van der Waals surface area contributed by atoms with Gasteiger partial charge in [0.2, 0.25) is 5.78 Å². The van der Waals surface area contributed by atoms with Crippen molar-refractivity contribution in [1.29, 1.82) is 0 Å². The van der Waals surface area contributed by atoms with E-state index in [0.29, 0.717) is 10.4 Å². The minimum atomic E-state index is -0.681. The summed E-state index contributed by atoms with van der Waals surface area (Å²) in [5, 5.41) is 10.7. The van der Waals surface area contributed by atoms with Crippen molar-refractivity contribution >= 4 is 28.8 Å². The number of aryl methyl sites for hydroxylation is 2. The number of hydrogen-bond donors (Lipinski definition) is 0. The van der Waals surface area contributed by atoms with E-state index in [4.69, 9.17) is 4.74 Å². The maximum absolute atomic E-state index is 11.9. The Labute approximate surface area is 130 Å². The Bertz CT molecular complexity index is 750. The second-order valence-electron chi connectivity index (χ2n) is 4.67. The predicted molar refractivity (Wildman–Crippen MR) is 81.5 cm³/mol. The Morgan fingerprint density at radius 2 is 1.95 bits per heavy atom. The molecule has 0 saturated carbocycles. The van der Waals surface area contributed by atoms with E-state index >= 15 is 0 Å². The first-order chi connectivity index (χ1) is 10.4. The van der Waals surface area contributed by atoms with Crippen LogP contribution in [0.15, 0.2) is 30.3 Å². The first-order valence-corrected chi connectivity index (χ1v) is 7.22. The molecule has 0 aliphatic carbocycles. The average molecular weight is 319 g/mol. The number of nitro benzene ring substituents is 1. The number of nitrogens with zero attached hydrogens (tertiary/aromatic N) is 1. The largest absolute Gasteiger partial charge is 0.454 e. The summed E-state index contributed by atoms with van der Waals surface area (Å²) < 4.78 is 4.96. The number of esters is 1. The van der Waals surface area contributed by atoms with Gasteiger partial charge >= 0.3 is 5.97 Å². The summed E-state index contributed by atoms with van der Waals surface area (Å²) in [7, 11) is 0. The van der Waals surface area contributed by atoms with Crippen molar-refractivity contribution in [2.75, 3.05) is 6.61 Å². The van der Waals surface area contributed by atoms with Gasteiger partial charge in [0.1, 0.15) is 0 Å². The van der Waals surface area contributed by atoms with Gasteiger partial charge in [-0.25, -0.2) is 4.79 Å². The predicted octanol–water partition coefficient (Wildman–Crippen LogP) is 3.31. The van der Waals surface area contributed by atoms with Gasteiger partial charge in [-0.2, -0.15) is 0 Å². The van der Waals surface area contributed by atoms with Gasteiger partial charge in [0.25, 0.3) is 5.69 Å². The molecule has 1 aromatic heterocycles. The molecule has 0 spiro atoms. The van der Waals surface area contributed by atoms with Crippen LogP contribution in [0.3, 0.4) is 0 Å². The number of thiophene rings is 1. The monoisotopic (exact) mass is 319 g/mol. The molecule has 6 nitrogen and oxygen atoms in total. The molecular weight excluding hydrogens is 306 g/mol. The standard InChI is InChI=1S/C15H13NO5S/c1-9-7-11(4-5-12(9)16(19)20)15(18)21-8-13(17)14-6-3-10(2)22-14/h3-7H,8H2,1-2H3. The Morgan fingerprint density at radius 1 is 1.23 bits per heavy atom. The van der Waals surface area contributed by atoms with Gasteiger partial charge in [-0.3, -0.25) is 14.9 Å². The van der Waals surface area contributed by atoms with E-state index in [-0.39, 0.29) is 23.6 Å². The Balaban J connectivity index is 2.02. The molecule has 22 heavy (non-hydrogen) atoms. The van der Waals surface area contributed by atoms with Gasteiger partial charge in [-0.05, 0) is 38.1 Å². The summed E-state index contributed by atoms with van der Waals surface area (Å²) in [6, 6.07) is 7.44. The van der Waals surface area contributed by atoms with Crippen LogP contribution in [0.4, 0.5) is 5.69 Å². The minimum absolute atomic E-state index is 0.0679. The molecule has 2 rings (SSSR count). The van der Waals surface area contributed by atoms with Gasteiger partial charge in [0, 0.05) is 16.5 Å². The summed E-state index contributed by atoms with van der Waals surface area (Å²) in [4.78, 5) is 35.5. The molecule has 0 unspecified atom stereocenters. The second-order valence-corrected chi connectivity index (χ2v) is 5.96. The average Bonchev–Trinajstić information content (AvgIpc) is 2.90. The van der Waals surface area contributed by atoms with Crippen molar-refractivity contribution in [3.63, 3.8) is 0 Å². The molecule has 0 saturated heterocycles. The topological polar surface area (TPSA) is 86.5 Å². The normalized spacial score (nSPS) is 10.3. The minimum Gasteiger partial charge on any atom is -0.454 e. The zero-order chi connectivity index (χ0) is 16.3. The van der Waals surface area contributed by atoms with Crippen LogP contribution < -0.4 is 0 Å².